The highest BCUT2D eigenvalue weighted by Crippen LogP contribution is 2.14. The SMILES string of the molecule is CN=C(NCC1CCCN1C)N1CCN(S(=O)(=O)CCOC(C)C)CC1. The lowest BCUT2D eigenvalue weighted by atomic mass is 10.2. The largest absolute Gasteiger partial charge is 0.378 e. The summed E-state index contributed by atoms with van der Waals surface area (Å²) in [6.07, 6.45) is 2.51. The number of likely N-dealkylation sites (N-methyl/N-ethyl adjacent to an activating group) is 1. The Hall–Kier alpha value is -0.900. The Bertz CT molecular complexity index is 559. The maximum Gasteiger partial charge on any atom is 0.216 e. The van der Waals surface area contributed by atoms with Gasteiger partial charge in [0.05, 0.1) is 18.5 Å². The zero-order valence-electron chi connectivity index (χ0n) is 16.6. The molecule has 1 atom stereocenters. The standard InChI is InChI=1S/C17H35N5O3S/c1-15(2)25-12-13-26(23,24)22-10-8-21(9-11-22)17(18-3)19-14-16-6-5-7-20(16)4/h15-16H,5-14H2,1-4H3,(H,18,19). The molecule has 0 aromatic rings. The summed E-state index contributed by atoms with van der Waals surface area (Å²) in [5.74, 6) is 0.914. The third-order valence-electron chi connectivity index (χ3n) is 5.10. The van der Waals surface area contributed by atoms with E-state index in [1.807, 2.05) is 13.8 Å². The number of nitrogens with zero attached hydrogens (tertiary/aromatic N) is 4. The lowest BCUT2D eigenvalue weighted by Gasteiger charge is -2.36. The summed E-state index contributed by atoms with van der Waals surface area (Å²) < 4.78 is 31.8. The van der Waals surface area contributed by atoms with Crippen LogP contribution in [0.15, 0.2) is 4.99 Å². The second-order valence-electron chi connectivity index (χ2n) is 7.33. The van der Waals surface area contributed by atoms with E-state index in [-0.39, 0.29) is 18.5 Å². The van der Waals surface area contributed by atoms with Crippen molar-refractivity contribution in [3.05, 3.63) is 0 Å². The van der Waals surface area contributed by atoms with Gasteiger partial charge in [0.15, 0.2) is 5.96 Å². The molecule has 0 radical (unpaired) electrons. The Morgan fingerprint density at radius 1 is 1.23 bits per heavy atom. The smallest absolute Gasteiger partial charge is 0.216 e. The van der Waals surface area contributed by atoms with Crippen LogP contribution in [0.1, 0.15) is 26.7 Å². The number of hydrogen-bond donors (Lipinski definition) is 1. The van der Waals surface area contributed by atoms with Crippen LogP contribution in [-0.2, 0) is 14.8 Å². The highest BCUT2D eigenvalue weighted by molar-refractivity contribution is 7.89. The number of nitrogens with one attached hydrogen (secondary N) is 1. The molecule has 0 spiro atoms. The van der Waals surface area contributed by atoms with Gasteiger partial charge in [0.2, 0.25) is 10.0 Å². The van der Waals surface area contributed by atoms with Crippen molar-refractivity contribution in [3.8, 4) is 0 Å². The fraction of sp³-hybridized carbons (Fsp3) is 0.941. The molecule has 0 aromatic heterocycles. The minimum Gasteiger partial charge on any atom is -0.378 e. The molecule has 0 bridgehead atoms. The molecule has 1 N–H and O–H groups in total. The van der Waals surface area contributed by atoms with Crippen molar-refractivity contribution >= 4 is 16.0 Å². The van der Waals surface area contributed by atoms with E-state index in [4.69, 9.17) is 4.74 Å². The summed E-state index contributed by atoms with van der Waals surface area (Å²) >= 11 is 0. The Kier molecular flexibility index (Phi) is 8.12. The molecule has 0 aliphatic carbocycles. The summed E-state index contributed by atoms with van der Waals surface area (Å²) in [4.78, 5) is 8.90. The predicted molar refractivity (Wildman–Crippen MR) is 105 cm³/mol. The minimum absolute atomic E-state index is 0.0478. The first kappa shape index (κ1) is 21.4. The van der Waals surface area contributed by atoms with Gasteiger partial charge in [-0.15, -0.1) is 0 Å². The zero-order valence-corrected chi connectivity index (χ0v) is 17.5. The number of hydrogen-bond acceptors (Lipinski definition) is 5. The van der Waals surface area contributed by atoms with E-state index in [2.05, 4.69) is 27.2 Å². The number of sulfonamides is 1. The first-order valence-corrected chi connectivity index (χ1v) is 11.2. The lowest BCUT2D eigenvalue weighted by Crippen LogP contribution is -2.55. The van der Waals surface area contributed by atoms with Crippen LogP contribution in [0.4, 0.5) is 0 Å². The van der Waals surface area contributed by atoms with Crippen molar-refractivity contribution in [3.63, 3.8) is 0 Å². The van der Waals surface area contributed by atoms with Gasteiger partial charge in [0.25, 0.3) is 0 Å². The number of aliphatic imine (C=N–C) groups is 1. The molecule has 2 saturated heterocycles. The van der Waals surface area contributed by atoms with Gasteiger partial charge in [0.1, 0.15) is 0 Å². The van der Waals surface area contributed by atoms with E-state index in [0.29, 0.717) is 32.2 Å². The Morgan fingerprint density at radius 3 is 2.46 bits per heavy atom. The normalized spacial score (nSPS) is 23.8. The molecule has 8 nitrogen and oxygen atoms in total. The Balaban J connectivity index is 1.78. The van der Waals surface area contributed by atoms with Crippen LogP contribution in [-0.4, -0.2) is 106 Å². The van der Waals surface area contributed by atoms with E-state index < -0.39 is 10.0 Å². The quantitative estimate of drug-likeness (QED) is 0.489. The third-order valence-corrected chi connectivity index (χ3v) is 6.94. The van der Waals surface area contributed by atoms with Crippen molar-refractivity contribution in [1.82, 2.24) is 19.4 Å². The summed E-state index contributed by atoms with van der Waals surface area (Å²) in [5.41, 5.74) is 0. The lowest BCUT2D eigenvalue weighted by molar-refractivity contribution is 0.0904. The van der Waals surface area contributed by atoms with Crippen molar-refractivity contribution in [2.75, 3.05) is 65.7 Å². The van der Waals surface area contributed by atoms with Crippen LogP contribution in [0.2, 0.25) is 0 Å². The van der Waals surface area contributed by atoms with Crippen molar-refractivity contribution < 1.29 is 13.2 Å². The second kappa shape index (κ2) is 9.87. The van der Waals surface area contributed by atoms with Gasteiger partial charge in [-0.2, -0.15) is 4.31 Å². The summed E-state index contributed by atoms with van der Waals surface area (Å²) in [5, 5.41) is 3.46. The first-order chi connectivity index (χ1) is 12.3. The number of guanidine groups is 1. The topological polar surface area (TPSA) is 77.5 Å². The average molecular weight is 390 g/mol. The van der Waals surface area contributed by atoms with Crippen molar-refractivity contribution in [1.29, 1.82) is 0 Å². The monoisotopic (exact) mass is 389 g/mol. The summed E-state index contributed by atoms with van der Waals surface area (Å²) in [6.45, 7) is 8.41. The van der Waals surface area contributed by atoms with E-state index >= 15 is 0 Å². The van der Waals surface area contributed by atoms with Crippen LogP contribution >= 0.6 is 0 Å². The molecule has 2 aliphatic heterocycles. The number of rotatable bonds is 7. The minimum atomic E-state index is -3.25. The maximum absolute atomic E-state index is 12.4. The fourth-order valence-corrected chi connectivity index (χ4v) is 4.76. The van der Waals surface area contributed by atoms with Gasteiger partial charge in [-0.1, -0.05) is 0 Å². The van der Waals surface area contributed by atoms with Crippen LogP contribution in [0, 0.1) is 0 Å². The zero-order chi connectivity index (χ0) is 19.2. The van der Waals surface area contributed by atoms with Gasteiger partial charge >= 0.3 is 0 Å². The Labute approximate surface area is 158 Å². The first-order valence-electron chi connectivity index (χ1n) is 9.58. The van der Waals surface area contributed by atoms with E-state index in [9.17, 15) is 8.42 Å². The van der Waals surface area contributed by atoms with E-state index in [1.165, 1.54) is 12.8 Å². The van der Waals surface area contributed by atoms with Crippen LogP contribution in [0.3, 0.4) is 0 Å². The van der Waals surface area contributed by atoms with Crippen molar-refractivity contribution in [2.45, 2.75) is 38.8 Å². The van der Waals surface area contributed by atoms with Crippen LogP contribution in [0.25, 0.3) is 0 Å². The van der Waals surface area contributed by atoms with Gasteiger partial charge < -0.3 is 19.9 Å². The molecular weight excluding hydrogens is 354 g/mol. The molecule has 2 aliphatic rings. The molecule has 152 valence electrons. The van der Waals surface area contributed by atoms with E-state index in [0.717, 1.165) is 19.0 Å². The maximum atomic E-state index is 12.4. The molecule has 2 rings (SSSR count). The van der Waals surface area contributed by atoms with Gasteiger partial charge in [-0.05, 0) is 40.3 Å². The van der Waals surface area contributed by atoms with Gasteiger partial charge in [0, 0.05) is 45.8 Å². The van der Waals surface area contributed by atoms with Crippen LogP contribution in [0.5, 0.6) is 0 Å². The third kappa shape index (κ3) is 6.07. The van der Waals surface area contributed by atoms with Gasteiger partial charge in [-0.3, -0.25) is 4.99 Å². The molecule has 0 saturated carbocycles. The van der Waals surface area contributed by atoms with Gasteiger partial charge in [-0.25, -0.2) is 8.42 Å². The highest BCUT2D eigenvalue weighted by Gasteiger charge is 2.28. The Morgan fingerprint density at radius 2 is 1.92 bits per heavy atom. The molecule has 9 heteroatoms. The highest BCUT2D eigenvalue weighted by atomic mass is 32.2. The molecule has 0 aromatic carbocycles. The second-order valence-corrected chi connectivity index (χ2v) is 9.41. The number of piperazine rings is 1. The molecule has 26 heavy (non-hydrogen) atoms. The molecule has 2 heterocycles. The van der Waals surface area contributed by atoms with Crippen molar-refractivity contribution in [2.24, 2.45) is 4.99 Å². The fourth-order valence-electron chi connectivity index (χ4n) is 3.47. The molecule has 2 fully saturated rings. The summed E-state index contributed by atoms with van der Waals surface area (Å²) in [6, 6.07) is 0.550. The summed E-state index contributed by atoms with van der Waals surface area (Å²) in [7, 11) is 0.693. The number of likely N-dealkylation sites (tertiary alicyclic amines) is 1. The average Bonchev–Trinajstić information content (AvgIpc) is 3.00. The van der Waals surface area contributed by atoms with Crippen LogP contribution < -0.4 is 5.32 Å². The molecular formula is C17H35N5O3S. The van der Waals surface area contributed by atoms with E-state index in [1.54, 1.807) is 11.4 Å². The number of ether oxygens (including phenoxy) is 1. The molecule has 0 amide bonds. The molecule has 1 unspecified atom stereocenters. The predicted octanol–water partition coefficient (Wildman–Crippen LogP) is 0.0284.